The molecule has 1 aromatic heterocycles. The van der Waals surface area contributed by atoms with Gasteiger partial charge in [0.15, 0.2) is 5.76 Å². The van der Waals surface area contributed by atoms with E-state index in [-0.39, 0.29) is 17.2 Å². The first-order chi connectivity index (χ1) is 10.0. The van der Waals surface area contributed by atoms with E-state index in [1.807, 2.05) is 0 Å². The van der Waals surface area contributed by atoms with Gasteiger partial charge in [0, 0.05) is 28.1 Å². The monoisotopic (exact) mass is 301 g/mol. The molecule has 6 heteroatoms. The van der Waals surface area contributed by atoms with Crippen LogP contribution in [0.2, 0.25) is 5.02 Å². The summed E-state index contributed by atoms with van der Waals surface area (Å²) in [6, 6.07) is 12.0. The number of carbonyl (C=O) groups excluding carboxylic acids is 1. The van der Waals surface area contributed by atoms with Crippen molar-refractivity contribution in [3.8, 4) is 0 Å². The highest BCUT2D eigenvalue weighted by Gasteiger charge is 2.16. The Hall–Kier alpha value is -2.66. The molecule has 0 amide bonds. The fourth-order valence-electron chi connectivity index (χ4n) is 2.00. The van der Waals surface area contributed by atoms with Crippen molar-refractivity contribution in [2.24, 2.45) is 0 Å². The third kappa shape index (κ3) is 2.51. The van der Waals surface area contributed by atoms with Gasteiger partial charge in [-0.2, -0.15) is 0 Å². The van der Waals surface area contributed by atoms with E-state index < -0.39 is 4.92 Å². The van der Waals surface area contributed by atoms with Gasteiger partial charge in [-0.1, -0.05) is 11.6 Å². The standard InChI is InChI=1S/C15H8ClNO4/c16-11-3-6-13-10(7-11)8-14(21-13)15(18)9-1-4-12(5-2-9)17(19)20/h1-8H. The second kappa shape index (κ2) is 5.03. The predicted octanol–water partition coefficient (Wildman–Crippen LogP) is 4.23. The van der Waals surface area contributed by atoms with Crippen LogP contribution in [0.15, 0.2) is 52.9 Å². The van der Waals surface area contributed by atoms with E-state index >= 15 is 0 Å². The molecule has 2 aromatic carbocycles. The summed E-state index contributed by atoms with van der Waals surface area (Å²) in [5.74, 6) is -0.168. The maximum absolute atomic E-state index is 12.3. The minimum Gasteiger partial charge on any atom is -0.453 e. The van der Waals surface area contributed by atoms with Crippen LogP contribution in [0.1, 0.15) is 16.1 Å². The number of ketones is 1. The van der Waals surface area contributed by atoms with Crippen molar-refractivity contribution < 1.29 is 14.1 Å². The second-order valence-electron chi connectivity index (χ2n) is 4.43. The number of benzene rings is 2. The number of non-ortho nitro benzene ring substituents is 1. The molecular formula is C15H8ClNO4. The summed E-state index contributed by atoms with van der Waals surface area (Å²) < 4.78 is 5.47. The average molecular weight is 302 g/mol. The van der Waals surface area contributed by atoms with Crippen molar-refractivity contribution in [1.82, 2.24) is 0 Å². The number of hydrogen-bond donors (Lipinski definition) is 0. The van der Waals surface area contributed by atoms with E-state index in [0.717, 1.165) is 5.39 Å². The van der Waals surface area contributed by atoms with Crippen LogP contribution in [-0.4, -0.2) is 10.7 Å². The number of hydrogen-bond acceptors (Lipinski definition) is 4. The van der Waals surface area contributed by atoms with Crippen LogP contribution in [0.4, 0.5) is 5.69 Å². The first-order valence-electron chi connectivity index (χ1n) is 6.03. The molecule has 0 aliphatic rings. The number of fused-ring (bicyclic) bond motifs is 1. The summed E-state index contributed by atoms with van der Waals surface area (Å²) in [6.45, 7) is 0. The van der Waals surface area contributed by atoms with Gasteiger partial charge in [0.1, 0.15) is 5.58 Å². The molecule has 0 aliphatic heterocycles. The third-order valence-electron chi connectivity index (χ3n) is 3.04. The molecule has 104 valence electrons. The van der Waals surface area contributed by atoms with Crippen LogP contribution >= 0.6 is 11.6 Å². The van der Waals surface area contributed by atoms with Crippen LogP contribution < -0.4 is 0 Å². The van der Waals surface area contributed by atoms with Crippen LogP contribution in [0, 0.1) is 10.1 Å². The van der Waals surface area contributed by atoms with E-state index in [0.29, 0.717) is 16.2 Å². The Labute approximate surface area is 123 Å². The van der Waals surface area contributed by atoms with Crippen molar-refractivity contribution in [2.75, 3.05) is 0 Å². The van der Waals surface area contributed by atoms with Gasteiger partial charge in [-0.05, 0) is 36.4 Å². The third-order valence-corrected chi connectivity index (χ3v) is 3.28. The zero-order chi connectivity index (χ0) is 15.0. The molecule has 0 saturated carbocycles. The highest BCUT2D eigenvalue weighted by Crippen LogP contribution is 2.25. The Bertz CT molecular complexity index is 852. The number of carbonyl (C=O) groups is 1. The first-order valence-corrected chi connectivity index (χ1v) is 6.40. The smallest absolute Gasteiger partial charge is 0.269 e. The normalized spacial score (nSPS) is 10.7. The molecular weight excluding hydrogens is 294 g/mol. The van der Waals surface area contributed by atoms with E-state index in [1.165, 1.54) is 24.3 Å². The number of halogens is 1. The maximum atomic E-state index is 12.3. The molecule has 0 bridgehead atoms. The quantitative estimate of drug-likeness (QED) is 0.412. The van der Waals surface area contributed by atoms with Gasteiger partial charge in [-0.25, -0.2) is 0 Å². The Morgan fingerprint density at radius 1 is 1.10 bits per heavy atom. The van der Waals surface area contributed by atoms with Gasteiger partial charge in [0.05, 0.1) is 4.92 Å². The van der Waals surface area contributed by atoms with E-state index in [9.17, 15) is 14.9 Å². The van der Waals surface area contributed by atoms with Crippen molar-refractivity contribution in [2.45, 2.75) is 0 Å². The van der Waals surface area contributed by atoms with Crippen molar-refractivity contribution in [3.63, 3.8) is 0 Å². The van der Waals surface area contributed by atoms with E-state index in [1.54, 1.807) is 24.3 Å². The molecule has 21 heavy (non-hydrogen) atoms. The fourth-order valence-corrected chi connectivity index (χ4v) is 2.18. The Morgan fingerprint density at radius 2 is 1.81 bits per heavy atom. The number of rotatable bonds is 3. The molecule has 0 N–H and O–H groups in total. The summed E-state index contributed by atoms with van der Waals surface area (Å²) in [4.78, 5) is 22.4. The number of furan rings is 1. The SMILES string of the molecule is O=C(c1ccc([N+](=O)[O-])cc1)c1cc2cc(Cl)ccc2o1. The fraction of sp³-hybridized carbons (Fsp3) is 0. The van der Waals surface area contributed by atoms with Gasteiger partial charge in [-0.3, -0.25) is 14.9 Å². The highest BCUT2D eigenvalue weighted by atomic mass is 35.5. The molecule has 3 rings (SSSR count). The average Bonchev–Trinajstić information content (AvgIpc) is 2.89. The molecule has 0 fully saturated rings. The summed E-state index contributed by atoms with van der Waals surface area (Å²) in [5, 5.41) is 11.9. The summed E-state index contributed by atoms with van der Waals surface area (Å²) in [7, 11) is 0. The topological polar surface area (TPSA) is 73.3 Å². The maximum Gasteiger partial charge on any atom is 0.269 e. The lowest BCUT2D eigenvalue weighted by Gasteiger charge is -1.97. The van der Waals surface area contributed by atoms with Crippen LogP contribution in [0.5, 0.6) is 0 Å². The highest BCUT2D eigenvalue weighted by molar-refractivity contribution is 6.31. The van der Waals surface area contributed by atoms with Gasteiger partial charge in [0.25, 0.3) is 5.69 Å². The minimum atomic E-state index is -0.516. The van der Waals surface area contributed by atoms with Gasteiger partial charge in [0.2, 0.25) is 5.78 Å². The molecule has 0 unspecified atom stereocenters. The lowest BCUT2D eigenvalue weighted by atomic mass is 10.1. The summed E-state index contributed by atoms with van der Waals surface area (Å²) in [6.07, 6.45) is 0. The number of nitrogens with zero attached hydrogens (tertiary/aromatic N) is 1. The van der Waals surface area contributed by atoms with Crippen molar-refractivity contribution in [1.29, 1.82) is 0 Å². The Morgan fingerprint density at radius 3 is 2.48 bits per heavy atom. The summed E-state index contributed by atoms with van der Waals surface area (Å²) >= 11 is 5.88. The Balaban J connectivity index is 1.97. The van der Waals surface area contributed by atoms with Crippen molar-refractivity contribution in [3.05, 3.63) is 75.0 Å². The van der Waals surface area contributed by atoms with Crippen molar-refractivity contribution >= 4 is 34.0 Å². The second-order valence-corrected chi connectivity index (χ2v) is 4.86. The van der Waals surface area contributed by atoms with E-state index in [4.69, 9.17) is 16.0 Å². The first kappa shape index (κ1) is 13.3. The van der Waals surface area contributed by atoms with Crippen LogP contribution in [0.3, 0.4) is 0 Å². The molecule has 3 aromatic rings. The van der Waals surface area contributed by atoms with Gasteiger partial charge < -0.3 is 4.42 Å². The zero-order valence-electron chi connectivity index (χ0n) is 10.6. The van der Waals surface area contributed by atoms with Crippen LogP contribution in [-0.2, 0) is 0 Å². The molecule has 5 nitrogen and oxygen atoms in total. The zero-order valence-corrected chi connectivity index (χ0v) is 11.3. The summed E-state index contributed by atoms with van der Waals surface area (Å²) in [5.41, 5.74) is 0.818. The molecule has 0 aliphatic carbocycles. The largest absolute Gasteiger partial charge is 0.453 e. The van der Waals surface area contributed by atoms with Gasteiger partial charge in [-0.15, -0.1) is 0 Å². The lowest BCUT2D eigenvalue weighted by Crippen LogP contribution is -1.99. The number of nitro groups is 1. The molecule has 0 spiro atoms. The molecule has 1 heterocycles. The molecule has 0 saturated heterocycles. The number of nitro benzene ring substituents is 1. The Kier molecular flexibility index (Phi) is 3.19. The van der Waals surface area contributed by atoms with E-state index in [2.05, 4.69) is 0 Å². The lowest BCUT2D eigenvalue weighted by molar-refractivity contribution is -0.384. The molecule has 0 atom stereocenters. The minimum absolute atomic E-state index is 0.0667. The van der Waals surface area contributed by atoms with Gasteiger partial charge >= 0.3 is 0 Å². The predicted molar refractivity (Wildman–Crippen MR) is 77.8 cm³/mol. The molecule has 0 radical (unpaired) electrons. The van der Waals surface area contributed by atoms with Crippen LogP contribution in [0.25, 0.3) is 11.0 Å².